The molecule has 13 heavy (non-hydrogen) atoms. The summed E-state index contributed by atoms with van der Waals surface area (Å²) in [4.78, 5) is 10.9. The molecule has 1 saturated carbocycles. The SMILES string of the molecule is O=C(CC1CC(F)(F)C1)NCCO. The van der Waals surface area contributed by atoms with Crippen LogP contribution in [0, 0.1) is 5.92 Å². The van der Waals surface area contributed by atoms with E-state index in [0.717, 1.165) is 0 Å². The van der Waals surface area contributed by atoms with Gasteiger partial charge in [0.25, 0.3) is 0 Å². The summed E-state index contributed by atoms with van der Waals surface area (Å²) in [5.41, 5.74) is 0. The summed E-state index contributed by atoms with van der Waals surface area (Å²) < 4.78 is 24.6. The minimum Gasteiger partial charge on any atom is -0.395 e. The third-order valence-corrected chi connectivity index (χ3v) is 2.08. The van der Waals surface area contributed by atoms with Gasteiger partial charge in [0.2, 0.25) is 11.8 Å². The fraction of sp³-hybridized carbons (Fsp3) is 0.875. The maximum Gasteiger partial charge on any atom is 0.248 e. The van der Waals surface area contributed by atoms with Crippen LogP contribution in [0.1, 0.15) is 19.3 Å². The van der Waals surface area contributed by atoms with E-state index in [1.54, 1.807) is 0 Å². The lowest BCUT2D eigenvalue weighted by molar-refractivity contribution is -0.133. The average Bonchev–Trinajstić information content (AvgIpc) is 1.97. The molecule has 1 amide bonds. The molecule has 1 aliphatic carbocycles. The standard InChI is InChI=1S/C8H13F2NO2/c9-8(10)4-6(5-8)3-7(13)11-1-2-12/h6,12H,1-5H2,(H,11,13). The molecule has 0 atom stereocenters. The molecule has 0 heterocycles. The summed E-state index contributed by atoms with van der Waals surface area (Å²) in [5, 5.41) is 10.8. The first-order valence-electron chi connectivity index (χ1n) is 4.29. The summed E-state index contributed by atoms with van der Waals surface area (Å²) in [6, 6.07) is 0. The second kappa shape index (κ2) is 4.00. The highest BCUT2D eigenvalue weighted by molar-refractivity contribution is 5.76. The zero-order valence-corrected chi connectivity index (χ0v) is 7.22. The van der Waals surface area contributed by atoms with Crippen LogP contribution in [0.25, 0.3) is 0 Å². The number of rotatable bonds is 4. The predicted octanol–water partition coefficient (Wildman–Crippen LogP) is 0.530. The van der Waals surface area contributed by atoms with E-state index in [1.807, 2.05) is 0 Å². The monoisotopic (exact) mass is 193 g/mol. The molecule has 0 aromatic rings. The highest BCUT2D eigenvalue weighted by Crippen LogP contribution is 2.43. The first kappa shape index (κ1) is 10.4. The quantitative estimate of drug-likeness (QED) is 0.684. The second-order valence-electron chi connectivity index (χ2n) is 3.41. The molecule has 0 aromatic heterocycles. The second-order valence-corrected chi connectivity index (χ2v) is 3.41. The van der Waals surface area contributed by atoms with Gasteiger partial charge in [-0.3, -0.25) is 4.79 Å². The van der Waals surface area contributed by atoms with Crippen molar-refractivity contribution in [3.63, 3.8) is 0 Å². The van der Waals surface area contributed by atoms with E-state index in [1.165, 1.54) is 0 Å². The third kappa shape index (κ3) is 3.26. The summed E-state index contributed by atoms with van der Waals surface area (Å²) in [7, 11) is 0. The Kier molecular flexibility index (Phi) is 3.19. The number of alkyl halides is 2. The van der Waals surface area contributed by atoms with Gasteiger partial charge < -0.3 is 10.4 Å². The van der Waals surface area contributed by atoms with Crippen molar-refractivity contribution >= 4 is 5.91 Å². The van der Waals surface area contributed by atoms with Crippen LogP contribution in [0.4, 0.5) is 8.78 Å². The number of halogens is 2. The Balaban J connectivity index is 2.10. The fourth-order valence-corrected chi connectivity index (χ4v) is 1.46. The topological polar surface area (TPSA) is 49.3 Å². The number of hydrogen-bond donors (Lipinski definition) is 2. The Bertz CT molecular complexity index is 189. The summed E-state index contributed by atoms with van der Waals surface area (Å²) in [6.45, 7) is 0.0779. The predicted molar refractivity (Wildman–Crippen MR) is 42.4 cm³/mol. The molecule has 0 saturated heterocycles. The number of carbonyl (C=O) groups excluding carboxylic acids is 1. The van der Waals surface area contributed by atoms with Crippen LogP contribution in [-0.2, 0) is 4.79 Å². The van der Waals surface area contributed by atoms with Crippen molar-refractivity contribution in [3.05, 3.63) is 0 Å². The number of aliphatic hydroxyl groups is 1. The molecule has 3 nitrogen and oxygen atoms in total. The molecule has 0 spiro atoms. The Hall–Kier alpha value is -0.710. The molecule has 76 valence electrons. The minimum absolute atomic E-state index is 0.118. The van der Waals surface area contributed by atoms with Crippen molar-refractivity contribution in [1.29, 1.82) is 0 Å². The molecule has 0 unspecified atom stereocenters. The highest BCUT2D eigenvalue weighted by atomic mass is 19.3. The van der Waals surface area contributed by atoms with Gasteiger partial charge in [0, 0.05) is 25.8 Å². The molecule has 1 fully saturated rings. The molecular formula is C8H13F2NO2. The molecule has 1 rings (SSSR count). The average molecular weight is 193 g/mol. The van der Waals surface area contributed by atoms with Crippen LogP contribution >= 0.6 is 0 Å². The largest absolute Gasteiger partial charge is 0.395 e. The summed E-state index contributed by atoms with van der Waals surface area (Å²) in [5.74, 6) is -3.00. The normalized spacial score (nSPS) is 20.8. The molecule has 2 N–H and O–H groups in total. The molecule has 1 aliphatic rings. The van der Waals surface area contributed by atoms with Gasteiger partial charge in [0.15, 0.2) is 0 Å². The van der Waals surface area contributed by atoms with Crippen molar-refractivity contribution < 1.29 is 18.7 Å². The van der Waals surface area contributed by atoms with Crippen LogP contribution < -0.4 is 5.32 Å². The Labute approximate surface area is 75.1 Å². The number of carbonyl (C=O) groups is 1. The Morgan fingerprint density at radius 3 is 2.62 bits per heavy atom. The molecule has 0 aliphatic heterocycles. The number of nitrogens with one attached hydrogen (secondary N) is 1. The van der Waals surface area contributed by atoms with Gasteiger partial charge in [-0.15, -0.1) is 0 Å². The number of hydrogen-bond acceptors (Lipinski definition) is 2. The smallest absolute Gasteiger partial charge is 0.248 e. The van der Waals surface area contributed by atoms with Crippen molar-refractivity contribution in [2.75, 3.05) is 13.2 Å². The van der Waals surface area contributed by atoms with Crippen molar-refractivity contribution in [1.82, 2.24) is 5.32 Å². The highest BCUT2D eigenvalue weighted by Gasteiger charge is 2.45. The lowest BCUT2D eigenvalue weighted by Gasteiger charge is -2.34. The van der Waals surface area contributed by atoms with Gasteiger partial charge in [0.1, 0.15) is 0 Å². The summed E-state index contributed by atoms with van der Waals surface area (Å²) >= 11 is 0. The fourth-order valence-electron chi connectivity index (χ4n) is 1.46. The third-order valence-electron chi connectivity index (χ3n) is 2.08. The van der Waals surface area contributed by atoms with Crippen molar-refractivity contribution in [2.45, 2.75) is 25.2 Å². The van der Waals surface area contributed by atoms with Crippen LogP contribution in [0.15, 0.2) is 0 Å². The van der Waals surface area contributed by atoms with Gasteiger partial charge in [-0.05, 0) is 5.92 Å². The lowest BCUT2D eigenvalue weighted by Crippen LogP contribution is -2.39. The van der Waals surface area contributed by atoms with Gasteiger partial charge in [-0.1, -0.05) is 0 Å². The number of aliphatic hydroxyl groups excluding tert-OH is 1. The zero-order valence-electron chi connectivity index (χ0n) is 7.22. The van der Waals surface area contributed by atoms with Crippen LogP contribution in [0.3, 0.4) is 0 Å². The number of amides is 1. The molecule has 5 heteroatoms. The van der Waals surface area contributed by atoms with E-state index in [4.69, 9.17) is 5.11 Å². The van der Waals surface area contributed by atoms with E-state index in [9.17, 15) is 13.6 Å². The van der Waals surface area contributed by atoms with E-state index < -0.39 is 5.92 Å². The first-order chi connectivity index (χ1) is 6.03. The maximum absolute atomic E-state index is 12.3. The van der Waals surface area contributed by atoms with Gasteiger partial charge in [0.05, 0.1) is 6.61 Å². The molecule has 0 aromatic carbocycles. The first-order valence-corrected chi connectivity index (χ1v) is 4.29. The molecule has 0 radical (unpaired) electrons. The zero-order chi connectivity index (χ0) is 9.90. The maximum atomic E-state index is 12.3. The minimum atomic E-state index is -2.55. The van der Waals surface area contributed by atoms with E-state index in [2.05, 4.69) is 5.32 Å². The Morgan fingerprint density at radius 2 is 2.15 bits per heavy atom. The van der Waals surface area contributed by atoms with Gasteiger partial charge >= 0.3 is 0 Å². The van der Waals surface area contributed by atoms with Gasteiger partial charge in [-0.25, -0.2) is 8.78 Å². The van der Waals surface area contributed by atoms with E-state index >= 15 is 0 Å². The van der Waals surface area contributed by atoms with E-state index in [0.29, 0.717) is 0 Å². The lowest BCUT2D eigenvalue weighted by atomic mass is 9.79. The molecule has 0 bridgehead atoms. The van der Waals surface area contributed by atoms with E-state index in [-0.39, 0.29) is 44.2 Å². The van der Waals surface area contributed by atoms with Crippen LogP contribution in [0.2, 0.25) is 0 Å². The van der Waals surface area contributed by atoms with Crippen molar-refractivity contribution in [3.8, 4) is 0 Å². The van der Waals surface area contributed by atoms with Crippen LogP contribution in [-0.4, -0.2) is 30.1 Å². The van der Waals surface area contributed by atoms with Gasteiger partial charge in [-0.2, -0.15) is 0 Å². The molecular weight excluding hydrogens is 180 g/mol. The van der Waals surface area contributed by atoms with Crippen molar-refractivity contribution in [2.24, 2.45) is 5.92 Å². The summed E-state index contributed by atoms with van der Waals surface area (Å²) in [6.07, 6.45) is -0.214. The Morgan fingerprint density at radius 1 is 1.54 bits per heavy atom. The van der Waals surface area contributed by atoms with Crippen LogP contribution in [0.5, 0.6) is 0 Å².